The van der Waals surface area contributed by atoms with E-state index in [9.17, 15) is 29.1 Å². The van der Waals surface area contributed by atoms with E-state index in [1.165, 1.54) is 37.3 Å². The fourth-order valence-electron chi connectivity index (χ4n) is 3.45. The molecule has 0 aromatic heterocycles. The number of amidine groups is 1. The summed E-state index contributed by atoms with van der Waals surface area (Å²) in [4.78, 5) is 61.3. The van der Waals surface area contributed by atoms with Crippen molar-refractivity contribution in [3.8, 4) is 5.75 Å². The molecule has 12 nitrogen and oxygen atoms in total. The largest absolute Gasteiger partial charge is 0.481 e. The molecule has 0 unspecified atom stereocenters. The molecule has 1 atom stereocenters. The molecule has 0 spiro atoms. The Hall–Kier alpha value is -5.00. The first-order chi connectivity index (χ1) is 18.4. The molecule has 0 aliphatic rings. The second-order valence-electron chi connectivity index (χ2n) is 8.28. The van der Waals surface area contributed by atoms with Crippen LogP contribution in [0.25, 0.3) is 6.08 Å². The van der Waals surface area contributed by atoms with Gasteiger partial charge in [0.05, 0.1) is 25.0 Å². The Morgan fingerprint density at radius 1 is 1.00 bits per heavy atom. The average molecular weight is 540 g/mol. The molecule has 206 valence electrons. The van der Waals surface area contributed by atoms with Crippen molar-refractivity contribution in [2.45, 2.75) is 32.7 Å². The first-order valence-corrected chi connectivity index (χ1v) is 11.8. The number of nitrogens with one attached hydrogen (secondary N) is 1. The Bertz CT molecular complexity index is 1270. The van der Waals surface area contributed by atoms with Crippen LogP contribution in [0, 0.1) is 5.41 Å². The molecule has 2 aromatic rings. The molecule has 2 rings (SSSR count). The highest BCUT2D eigenvalue weighted by Gasteiger charge is 2.33. The first kappa shape index (κ1) is 30.2. The molecule has 0 bridgehead atoms. The van der Waals surface area contributed by atoms with Crippen molar-refractivity contribution in [1.29, 1.82) is 5.41 Å². The van der Waals surface area contributed by atoms with Gasteiger partial charge in [-0.25, -0.2) is 9.59 Å². The van der Waals surface area contributed by atoms with Gasteiger partial charge in [0.15, 0.2) is 0 Å². The lowest BCUT2D eigenvalue weighted by Crippen LogP contribution is -2.47. The maximum atomic E-state index is 13.1. The summed E-state index contributed by atoms with van der Waals surface area (Å²) in [5.41, 5.74) is 6.68. The second kappa shape index (κ2) is 14.1. The summed E-state index contributed by atoms with van der Waals surface area (Å²) in [7, 11) is 0. The number of hydrogen-bond acceptors (Lipinski definition) is 8. The minimum absolute atomic E-state index is 0.0167. The van der Waals surface area contributed by atoms with Crippen LogP contribution in [0.4, 0.5) is 0 Å². The molecule has 12 heteroatoms. The number of carbonyl (C=O) groups is 5. The molecule has 39 heavy (non-hydrogen) atoms. The van der Waals surface area contributed by atoms with E-state index in [2.05, 4.69) is 0 Å². The van der Waals surface area contributed by atoms with E-state index in [0.717, 1.165) is 4.90 Å². The van der Waals surface area contributed by atoms with Gasteiger partial charge in [0, 0.05) is 17.7 Å². The number of esters is 2. The van der Waals surface area contributed by atoms with Crippen LogP contribution in [-0.2, 0) is 23.9 Å². The third-order valence-electron chi connectivity index (χ3n) is 5.40. The smallest absolute Gasteiger partial charge is 0.343 e. The monoisotopic (exact) mass is 539 g/mol. The van der Waals surface area contributed by atoms with Gasteiger partial charge in [-0.3, -0.25) is 19.8 Å². The van der Waals surface area contributed by atoms with Gasteiger partial charge in [0.1, 0.15) is 17.6 Å². The zero-order valence-corrected chi connectivity index (χ0v) is 21.4. The third-order valence-corrected chi connectivity index (χ3v) is 5.40. The Morgan fingerprint density at radius 3 is 2.10 bits per heavy atom. The Morgan fingerprint density at radius 2 is 1.59 bits per heavy atom. The second-order valence-corrected chi connectivity index (χ2v) is 8.28. The van der Waals surface area contributed by atoms with E-state index in [1.54, 1.807) is 31.2 Å². The molecule has 0 aliphatic heterocycles. The highest BCUT2D eigenvalue weighted by Crippen LogP contribution is 2.18. The van der Waals surface area contributed by atoms with Gasteiger partial charge in [-0.15, -0.1) is 0 Å². The number of rotatable bonds is 13. The highest BCUT2D eigenvalue weighted by molar-refractivity contribution is 6.00. The number of aliphatic carboxylic acids is 2. The Balaban J connectivity index is 2.20. The van der Waals surface area contributed by atoms with E-state index in [-0.39, 0.29) is 29.3 Å². The van der Waals surface area contributed by atoms with E-state index in [1.807, 2.05) is 0 Å². The third kappa shape index (κ3) is 9.11. The molecule has 0 saturated carbocycles. The minimum Gasteiger partial charge on any atom is -0.481 e. The van der Waals surface area contributed by atoms with Gasteiger partial charge in [0.25, 0.3) is 0 Å². The summed E-state index contributed by atoms with van der Waals surface area (Å²) in [6.07, 6.45) is 0.269. The SMILES string of the molecule is CCOC(=O)C[C@@H](C(=O)O)N(CCC(=O)O)C(=O)C(C)=Cc1ccc(C(=O)Oc2ccc(C(=N)N)cc2)cc1. The predicted octanol–water partition coefficient (Wildman–Crippen LogP) is 2.30. The fraction of sp³-hybridized carbons (Fsp3) is 0.259. The molecule has 5 N–H and O–H groups in total. The molecule has 0 saturated heterocycles. The van der Waals surface area contributed by atoms with E-state index >= 15 is 0 Å². The lowest BCUT2D eigenvalue weighted by molar-refractivity contribution is -0.156. The Labute approximate surface area is 224 Å². The number of nitrogens with two attached hydrogens (primary N) is 1. The number of carboxylic acids is 2. The van der Waals surface area contributed by atoms with Crippen LogP contribution in [0.15, 0.2) is 54.1 Å². The van der Waals surface area contributed by atoms with Crippen molar-refractivity contribution in [2.75, 3.05) is 13.2 Å². The number of hydrogen-bond donors (Lipinski definition) is 4. The van der Waals surface area contributed by atoms with Crippen LogP contribution in [-0.4, -0.2) is 69.9 Å². The lowest BCUT2D eigenvalue weighted by atomic mass is 10.1. The van der Waals surface area contributed by atoms with Crippen molar-refractivity contribution >= 4 is 41.7 Å². The molecule has 0 heterocycles. The summed E-state index contributed by atoms with van der Waals surface area (Å²) < 4.78 is 10.1. The van der Waals surface area contributed by atoms with Crippen LogP contribution < -0.4 is 10.5 Å². The van der Waals surface area contributed by atoms with Crippen molar-refractivity contribution in [1.82, 2.24) is 4.90 Å². The average Bonchev–Trinajstić information content (AvgIpc) is 2.88. The lowest BCUT2D eigenvalue weighted by Gasteiger charge is -2.28. The number of nitrogens with zero attached hydrogens (tertiary/aromatic N) is 1. The van der Waals surface area contributed by atoms with Gasteiger partial charge in [0.2, 0.25) is 5.91 Å². The molecule has 2 aromatic carbocycles. The fourth-order valence-corrected chi connectivity index (χ4v) is 3.45. The van der Waals surface area contributed by atoms with Crippen molar-refractivity contribution < 1.29 is 43.7 Å². The minimum atomic E-state index is -1.62. The van der Waals surface area contributed by atoms with Gasteiger partial charge in [-0.1, -0.05) is 12.1 Å². The maximum absolute atomic E-state index is 13.1. The summed E-state index contributed by atoms with van der Waals surface area (Å²) in [6.45, 7) is 2.55. The van der Waals surface area contributed by atoms with E-state index in [0.29, 0.717) is 11.1 Å². The number of carbonyl (C=O) groups excluding carboxylic acids is 3. The number of ether oxygens (including phenoxy) is 2. The van der Waals surface area contributed by atoms with Crippen molar-refractivity contribution in [3.63, 3.8) is 0 Å². The summed E-state index contributed by atoms with van der Waals surface area (Å²) in [6, 6.07) is 10.5. The normalized spacial score (nSPS) is 11.7. The van der Waals surface area contributed by atoms with Gasteiger partial charge in [-0.2, -0.15) is 0 Å². The standard InChI is InChI=1S/C27H29N3O9/c1-3-38-23(33)15-21(26(35)36)30(13-12-22(31)32)25(34)16(2)14-17-4-6-19(7-5-17)27(37)39-20-10-8-18(9-11-20)24(28)29/h4-11,14,21H,3,12-13,15H2,1-2H3,(H3,28,29)(H,31,32)(H,35,36)/t21-/m0/s1. The van der Waals surface area contributed by atoms with Crippen molar-refractivity contribution in [2.24, 2.45) is 5.73 Å². The molecule has 0 radical (unpaired) electrons. The summed E-state index contributed by atoms with van der Waals surface area (Å²) >= 11 is 0. The molecule has 0 fully saturated rings. The topological polar surface area (TPSA) is 197 Å². The van der Waals surface area contributed by atoms with Crippen LogP contribution >= 0.6 is 0 Å². The molecule has 0 aliphatic carbocycles. The molecular formula is C27H29N3O9. The van der Waals surface area contributed by atoms with Crippen LogP contribution in [0.5, 0.6) is 5.75 Å². The van der Waals surface area contributed by atoms with Crippen molar-refractivity contribution in [3.05, 3.63) is 70.8 Å². The number of nitrogen functional groups attached to an aromatic ring is 1. The van der Waals surface area contributed by atoms with Crippen LogP contribution in [0.1, 0.15) is 48.2 Å². The number of carboxylic acid groups (broad SMARTS) is 2. The number of benzene rings is 2. The predicted molar refractivity (Wildman–Crippen MR) is 139 cm³/mol. The van der Waals surface area contributed by atoms with E-state index < -0.39 is 55.2 Å². The maximum Gasteiger partial charge on any atom is 0.343 e. The first-order valence-electron chi connectivity index (χ1n) is 11.8. The molecule has 1 amide bonds. The zero-order chi connectivity index (χ0) is 29.1. The van der Waals surface area contributed by atoms with Gasteiger partial charge in [-0.05, 0) is 61.9 Å². The molecular weight excluding hydrogens is 510 g/mol. The quantitative estimate of drug-likeness (QED) is 0.0963. The number of amides is 1. The Kier molecular flexibility index (Phi) is 10.9. The van der Waals surface area contributed by atoms with Crippen LogP contribution in [0.3, 0.4) is 0 Å². The summed E-state index contributed by atoms with van der Waals surface area (Å²) in [5.74, 6) is -4.83. The van der Waals surface area contributed by atoms with Crippen LogP contribution in [0.2, 0.25) is 0 Å². The highest BCUT2D eigenvalue weighted by atomic mass is 16.5. The van der Waals surface area contributed by atoms with E-state index in [4.69, 9.17) is 25.7 Å². The van der Waals surface area contributed by atoms with Gasteiger partial charge < -0.3 is 30.3 Å². The van der Waals surface area contributed by atoms with Gasteiger partial charge >= 0.3 is 23.9 Å². The summed E-state index contributed by atoms with van der Waals surface area (Å²) in [5, 5.41) is 26.1. The zero-order valence-electron chi connectivity index (χ0n) is 21.4.